The lowest BCUT2D eigenvalue weighted by molar-refractivity contribution is 0.0858. The second-order valence-corrected chi connectivity index (χ2v) is 10.5. The molecule has 1 aromatic heterocycles. The molecule has 2 heterocycles. The van der Waals surface area contributed by atoms with E-state index in [0.717, 1.165) is 78.3 Å². The molecular weight excluding hydrogens is 512 g/mol. The number of rotatable bonds is 13. The number of methoxy groups -OCH3 is 2. The van der Waals surface area contributed by atoms with Crippen LogP contribution in [-0.2, 0) is 23.3 Å². The van der Waals surface area contributed by atoms with E-state index < -0.39 is 0 Å². The highest BCUT2D eigenvalue weighted by atomic mass is 32.2. The Morgan fingerprint density at radius 2 is 1.85 bits per heavy atom. The lowest BCUT2D eigenvalue weighted by Crippen LogP contribution is -2.31. The minimum Gasteiger partial charge on any atom is -0.493 e. The van der Waals surface area contributed by atoms with Gasteiger partial charge < -0.3 is 24.4 Å². The number of likely N-dealkylation sites (N-methyl/N-ethyl adjacent to an activating group) is 1. The number of aromatic nitrogens is 2. The summed E-state index contributed by atoms with van der Waals surface area (Å²) in [4.78, 5) is 24.2. The number of nitrogens with one attached hydrogen (secondary N) is 1. The maximum absolute atomic E-state index is 12.5. The first-order valence-electron chi connectivity index (χ1n) is 13.4. The van der Waals surface area contributed by atoms with E-state index in [1.54, 1.807) is 26.0 Å². The van der Waals surface area contributed by atoms with Crippen LogP contribution in [0.2, 0.25) is 0 Å². The van der Waals surface area contributed by atoms with Gasteiger partial charge in [-0.25, -0.2) is 9.97 Å². The molecule has 1 atom stereocenters. The van der Waals surface area contributed by atoms with Crippen molar-refractivity contribution in [2.45, 2.75) is 49.6 Å². The summed E-state index contributed by atoms with van der Waals surface area (Å²) in [5.74, 6) is 3.03. The van der Waals surface area contributed by atoms with Crippen molar-refractivity contribution in [3.63, 3.8) is 0 Å². The zero-order valence-electron chi connectivity index (χ0n) is 23.2. The highest BCUT2D eigenvalue weighted by Crippen LogP contribution is 2.28. The monoisotopic (exact) mass is 550 g/mol. The largest absolute Gasteiger partial charge is 0.493 e. The van der Waals surface area contributed by atoms with Gasteiger partial charge in [-0.05, 0) is 61.1 Å². The van der Waals surface area contributed by atoms with Gasteiger partial charge in [0.05, 0.1) is 20.3 Å². The SMILES string of the molecule is CCc1cc(N(C)CCc2ccc(OC)c(OC)c2)nc(SCc2ccc(C(=O)NC[C@@H]3CCCO3)cc2)n1. The number of nitrogens with zero attached hydrogens (tertiary/aromatic N) is 3. The number of ether oxygens (including phenoxy) is 3. The van der Waals surface area contributed by atoms with E-state index in [2.05, 4.69) is 36.3 Å². The van der Waals surface area contributed by atoms with Crippen molar-refractivity contribution in [2.75, 3.05) is 45.9 Å². The van der Waals surface area contributed by atoms with Gasteiger partial charge in [-0.3, -0.25) is 4.79 Å². The number of thioether (sulfide) groups is 1. The number of hydrogen-bond donors (Lipinski definition) is 1. The van der Waals surface area contributed by atoms with Crippen molar-refractivity contribution in [3.05, 3.63) is 70.9 Å². The average molecular weight is 551 g/mol. The molecule has 0 unspecified atom stereocenters. The Labute approximate surface area is 235 Å². The summed E-state index contributed by atoms with van der Waals surface area (Å²) in [6.07, 6.45) is 3.89. The zero-order chi connectivity index (χ0) is 27.6. The molecule has 4 rings (SSSR count). The molecule has 1 N–H and O–H groups in total. The fourth-order valence-corrected chi connectivity index (χ4v) is 5.19. The van der Waals surface area contributed by atoms with Crippen LogP contribution >= 0.6 is 11.8 Å². The second kappa shape index (κ2) is 14.2. The summed E-state index contributed by atoms with van der Waals surface area (Å²) in [5, 5.41) is 3.72. The third kappa shape index (κ3) is 8.10. The lowest BCUT2D eigenvalue weighted by atomic mass is 10.1. The van der Waals surface area contributed by atoms with Crippen LogP contribution in [0.25, 0.3) is 0 Å². The van der Waals surface area contributed by atoms with E-state index in [-0.39, 0.29) is 12.0 Å². The van der Waals surface area contributed by atoms with Crippen molar-refractivity contribution >= 4 is 23.5 Å². The Bertz CT molecular complexity index is 1230. The third-order valence-corrected chi connectivity index (χ3v) is 7.70. The number of hydrogen-bond acceptors (Lipinski definition) is 8. The van der Waals surface area contributed by atoms with Crippen LogP contribution in [0.5, 0.6) is 11.5 Å². The smallest absolute Gasteiger partial charge is 0.251 e. The van der Waals surface area contributed by atoms with Crippen molar-refractivity contribution in [1.82, 2.24) is 15.3 Å². The van der Waals surface area contributed by atoms with E-state index in [1.807, 2.05) is 36.4 Å². The van der Waals surface area contributed by atoms with E-state index in [4.69, 9.17) is 24.2 Å². The molecular formula is C30H38N4O4S. The van der Waals surface area contributed by atoms with Crippen molar-refractivity contribution in [3.8, 4) is 11.5 Å². The summed E-state index contributed by atoms with van der Waals surface area (Å²) in [5.41, 5.74) is 3.95. The van der Waals surface area contributed by atoms with E-state index in [1.165, 1.54) is 5.56 Å². The Hall–Kier alpha value is -3.30. The lowest BCUT2D eigenvalue weighted by Gasteiger charge is -2.20. The van der Waals surface area contributed by atoms with Crippen LogP contribution < -0.4 is 19.7 Å². The average Bonchev–Trinajstić information content (AvgIpc) is 3.51. The van der Waals surface area contributed by atoms with E-state index in [0.29, 0.717) is 12.1 Å². The van der Waals surface area contributed by atoms with Gasteiger partial charge in [0, 0.05) is 49.8 Å². The van der Waals surface area contributed by atoms with Crippen LogP contribution in [-0.4, -0.2) is 62.9 Å². The predicted molar refractivity (Wildman–Crippen MR) is 155 cm³/mol. The molecule has 0 saturated carbocycles. The van der Waals surface area contributed by atoms with Gasteiger partial charge in [-0.2, -0.15) is 0 Å². The molecule has 1 saturated heterocycles. The van der Waals surface area contributed by atoms with Gasteiger partial charge in [0.25, 0.3) is 5.91 Å². The van der Waals surface area contributed by atoms with Gasteiger partial charge >= 0.3 is 0 Å². The summed E-state index contributed by atoms with van der Waals surface area (Å²) in [6.45, 7) is 4.25. The van der Waals surface area contributed by atoms with E-state index in [9.17, 15) is 4.79 Å². The molecule has 8 nitrogen and oxygen atoms in total. The third-order valence-electron chi connectivity index (χ3n) is 6.78. The van der Waals surface area contributed by atoms with Gasteiger partial charge in [0.1, 0.15) is 5.82 Å². The Morgan fingerprint density at radius 1 is 1.08 bits per heavy atom. The Balaban J connectivity index is 1.33. The first-order chi connectivity index (χ1) is 19.0. The normalized spacial score (nSPS) is 14.7. The fraction of sp³-hybridized carbons (Fsp3) is 0.433. The summed E-state index contributed by atoms with van der Waals surface area (Å²) in [7, 11) is 5.35. The topological polar surface area (TPSA) is 85.8 Å². The van der Waals surface area contributed by atoms with Crippen LogP contribution in [0.15, 0.2) is 53.7 Å². The molecule has 0 bridgehead atoms. The second-order valence-electron chi connectivity index (χ2n) is 9.55. The van der Waals surface area contributed by atoms with Gasteiger partial charge in [-0.1, -0.05) is 36.9 Å². The van der Waals surface area contributed by atoms with Crippen LogP contribution in [0.4, 0.5) is 5.82 Å². The number of aryl methyl sites for hydroxylation is 1. The quantitative estimate of drug-likeness (QED) is 0.237. The number of carbonyl (C=O) groups is 1. The number of carbonyl (C=O) groups excluding carboxylic acids is 1. The molecule has 0 radical (unpaired) electrons. The highest BCUT2D eigenvalue weighted by molar-refractivity contribution is 7.98. The molecule has 1 fully saturated rings. The van der Waals surface area contributed by atoms with Crippen molar-refractivity contribution < 1.29 is 19.0 Å². The Morgan fingerprint density at radius 3 is 2.54 bits per heavy atom. The van der Waals surface area contributed by atoms with Gasteiger partial charge in [0.2, 0.25) is 0 Å². The number of amides is 1. The first kappa shape index (κ1) is 28.7. The first-order valence-corrected chi connectivity index (χ1v) is 14.4. The minimum atomic E-state index is -0.0653. The maximum Gasteiger partial charge on any atom is 0.251 e. The van der Waals surface area contributed by atoms with Crippen LogP contribution in [0, 0.1) is 0 Å². The van der Waals surface area contributed by atoms with Crippen LogP contribution in [0.1, 0.15) is 46.9 Å². The van der Waals surface area contributed by atoms with Crippen molar-refractivity contribution in [2.24, 2.45) is 0 Å². The standard InChI is InChI=1S/C30H38N4O4S/c1-5-24-18-28(34(2)15-14-21-10-13-26(36-3)27(17-21)37-4)33-30(32-24)39-20-22-8-11-23(12-9-22)29(35)31-19-25-7-6-16-38-25/h8-13,17-18,25H,5-7,14-16,19-20H2,1-4H3,(H,31,35)/t25-/m0/s1. The predicted octanol–water partition coefficient (Wildman–Crippen LogP) is 4.94. The molecule has 1 aliphatic rings. The molecule has 2 aromatic carbocycles. The molecule has 1 amide bonds. The molecule has 0 aliphatic carbocycles. The molecule has 1 aliphatic heterocycles. The van der Waals surface area contributed by atoms with Crippen LogP contribution in [0.3, 0.4) is 0 Å². The van der Waals surface area contributed by atoms with E-state index >= 15 is 0 Å². The molecule has 39 heavy (non-hydrogen) atoms. The molecule has 9 heteroatoms. The van der Waals surface area contributed by atoms with Gasteiger partial charge in [0.15, 0.2) is 16.7 Å². The molecule has 3 aromatic rings. The summed E-state index contributed by atoms with van der Waals surface area (Å²) >= 11 is 1.60. The zero-order valence-corrected chi connectivity index (χ0v) is 24.1. The number of anilines is 1. The summed E-state index contributed by atoms with van der Waals surface area (Å²) in [6, 6.07) is 15.8. The van der Waals surface area contributed by atoms with Gasteiger partial charge in [-0.15, -0.1) is 0 Å². The minimum absolute atomic E-state index is 0.0653. The molecule has 0 spiro atoms. The molecule has 208 valence electrons. The summed E-state index contributed by atoms with van der Waals surface area (Å²) < 4.78 is 16.4. The Kier molecular flexibility index (Phi) is 10.4. The number of benzene rings is 2. The fourth-order valence-electron chi connectivity index (χ4n) is 4.36. The maximum atomic E-state index is 12.5. The van der Waals surface area contributed by atoms with Crippen molar-refractivity contribution in [1.29, 1.82) is 0 Å². The highest BCUT2D eigenvalue weighted by Gasteiger charge is 2.17.